The highest BCUT2D eigenvalue weighted by atomic mass is 79.9. The normalized spacial score (nSPS) is 25.9. The first-order chi connectivity index (χ1) is 9.49. The van der Waals surface area contributed by atoms with E-state index >= 15 is 0 Å². The van der Waals surface area contributed by atoms with Crippen LogP contribution in [0.1, 0.15) is 11.5 Å². The van der Waals surface area contributed by atoms with Crippen molar-refractivity contribution in [3.8, 4) is 12.1 Å². The van der Waals surface area contributed by atoms with Gasteiger partial charge in [-0.2, -0.15) is 10.5 Å². The molecule has 100 valence electrons. The maximum Gasteiger partial charge on any atom is 0.126 e. The second-order valence-electron chi connectivity index (χ2n) is 4.24. The number of rotatable bonds is 1. The van der Waals surface area contributed by atoms with Gasteiger partial charge in [0.15, 0.2) is 0 Å². The average molecular weight is 351 g/mol. The molecular formula is C13H8BrFN4S. The van der Waals surface area contributed by atoms with Gasteiger partial charge in [0.1, 0.15) is 17.7 Å². The van der Waals surface area contributed by atoms with Gasteiger partial charge < -0.3 is 0 Å². The van der Waals surface area contributed by atoms with E-state index < -0.39 is 23.6 Å². The lowest BCUT2D eigenvalue weighted by Gasteiger charge is -2.32. The summed E-state index contributed by atoms with van der Waals surface area (Å²) in [4.78, 5) is 0. The molecule has 0 saturated carbocycles. The quantitative estimate of drug-likeness (QED) is 0.808. The van der Waals surface area contributed by atoms with Crippen LogP contribution in [-0.4, -0.2) is 10.1 Å². The summed E-state index contributed by atoms with van der Waals surface area (Å²) in [6.07, 6.45) is 0. The number of benzene rings is 1. The van der Waals surface area contributed by atoms with Gasteiger partial charge in [0, 0.05) is 10.4 Å². The van der Waals surface area contributed by atoms with Crippen LogP contribution in [0, 0.1) is 51.1 Å². The van der Waals surface area contributed by atoms with E-state index in [0.29, 0.717) is 4.47 Å². The first-order valence-corrected chi connectivity index (χ1v) is 7.19. The topological polar surface area (TPSA) is 95.3 Å². The van der Waals surface area contributed by atoms with Gasteiger partial charge in [-0.1, -0.05) is 27.7 Å². The van der Waals surface area contributed by atoms with Crippen LogP contribution in [0.3, 0.4) is 0 Å². The molecule has 0 amide bonds. The Morgan fingerprint density at radius 1 is 1.15 bits per heavy atom. The van der Waals surface area contributed by atoms with Crippen LogP contribution >= 0.6 is 27.7 Å². The van der Waals surface area contributed by atoms with Crippen molar-refractivity contribution < 1.29 is 4.39 Å². The van der Waals surface area contributed by atoms with Gasteiger partial charge in [0.05, 0.1) is 22.2 Å². The highest BCUT2D eigenvalue weighted by molar-refractivity contribution is 9.10. The Kier molecular flexibility index (Phi) is 4.22. The smallest absolute Gasteiger partial charge is 0.126 e. The molecule has 7 heteroatoms. The summed E-state index contributed by atoms with van der Waals surface area (Å²) in [5.41, 5.74) is 0.187. The minimum atomic E-state index is -0.914. The number of nitrogens with zero attached hydrogens (tertiary/aromatic N) is 2. The molecule has 1 fully saturated rings. The van der Waals surface area contributed by atoms with Crippen molar-refractivity contribution in [1.29, 1.82) is 21.3 Å². The van der Waals surface area contributed by atoms with Crippen LogP contribution in [0.5, 0.6) is 0 Å². The zero-order valence-electron chi connectivity index (χ0n) is 10.0. The van der Waals surface area contributed by atoms with Crippen LogP contribution in [0.2, 0.25) is 0 Å². The fraction of sp³-hybridized carbons (Fsp3) is 0.231. The van der Waals surface area contributed by atoms with E-state index in [4.69, 9.17) is 10.8 Å². The number of nitriles is 2. The fourth-order valence-electron chi connectivity index (χ4n) is 2.17. The number of thioether (sulfide) groups is 1. The average Bonchev–Trinajstić information content (AvgIpc) is 2.41. The van der Waals surface area contributed by atoms with E-state index in [9.17, 15) is 14.9 Å². The fourth-order valence-corrected chi connectivity index (χ4v) is 3.44. The molecule has 1 saturated heterocycles. The van der Waals surface area contributed by atoms with Crippen LogP contribution < -0.4 is 0 Å². The molecule has 1 aliphatic heterocycles. The van der Waals surface area contributed by atoms with E-state index in [2.05, 4.69) is 15.9 Å². The lowest BCUT2D eigenvalue weighted by atomic mass is 9.78. The van der Waals surface area contributed by atoms with E-state index in [1.165, 1.54) is 18.2 Å². The molecule has 0 aliphatic carbocycles. The molecule has 1 aromatic rings. The number of nitrogens with one attached hydrogen (secondary N) is 2. The molecule has 0 aromatic heterocycles. The van der Waals surface area contributed by atoms with Crippen LogP contribution in [-0.2, 0) is 0 Å². The zero-order chi connectivity index (χ0) is 14.9. The summed E-state index contributed by atoms with van der Waals surface area (Å²) >= 11 is 4.03. The van der Waals surface area contributed by atoms with E-state index in [1.54, 1.807) is 0 Å². The lowest BCUT2D eigenvalue weighted by Crippen LogP contribution is -2.34. The summed E-state index contributed by atoms with van der Waals surface area (Å²) in [5.74, 6) is -3.19. The molecule has 0 spiro atoms. The Morgan fingerprint density at radius 3 is 2.20 bits per heavy atom. The van der Waals surface area contributed by atoms with Gasteiger partial charge in [-0.05, 0) is 23.8 Å². The molecule has 4 nitrogen and oxygen atoms in total. The lowest BCUT2D eigenvalue weighted by molar-refractivity contribution is 0.525. The largest absolute Gasteiger partial charge is 0.297 e. The van der Waals surface area contributed by atoms with Crippen molar-refractivity contribution in [2.24, 2.45) is 11.8 Å². The summed E-state index contributed by atoms with van der Waals surface area (Å²) in [5, 5.41) is 34.0. The van der Waals surface area contributed by atoms with E-state index in [-0.39, 0.29) is 15.7 Å². The molecule has 2 rings (SSSR count). The van der Waals surface area contributed by atoms with Crippen LogP contribution in [0.15, 0.2) is 22.7 Å². The highest BCUT2D eigenvalue weighted by Crippen LogP contribution is 2.43. The maximum atomic E-state index is 14.0. The molecule has 2 atom stereocenters. The minimum Gasteiger partial charge on any atom is -0.297 e. The molecule has 0 bridgehead atoms. The van der Waals surface area contributed by atoms with Crippen molar-refractivity contribution >= 4 is 37.8 Å². The summed E-state index contributed by atoms with van der Waals surface area (Å²) < 4.78 is 14.7. The monoisotopic (exact) mass is 350 g/mol. The van der Waals surface area contributed by atoms with Crippen LogP contribution in [0.25, 0.3) is 0 Å². The van der Waals surface area contributed by atoms with Gasteiger partial charge in [0.2, 0.25) is 0 Å². The number of hydrogen-bond acceptors (Lipinski definition) is 5. The first kappa shape index (κ1) is 14.7. The Labute approximate surface area is 127 Å². The van der Waals surface area contributed by atoms with Crippen molar-refractivity contribution in [1.82, 2.24) is 0 Å². The third-order valence-electron chi connectivity index (χ3n) is 3.10. The van der Waals surface area contributed by atoms with Gasteiger partial charge in [0.25, 0.3) is 0 Å². The summed E-state index contributed by atoms with van der Waals surface area (Å²) in [6.45, 7) is 0. The Morgan fingerprint density at radius 2 is 1.70 bits per heavy atom. The predicted molar refractivity (Wildman–Crippen MR) is 78.1 cm³/mol. The molecule has 1 aromatic carbocycles. The summed E-state index contributed by atoms with van der Waals surface area (Å²) in [6, 6.07) is 8.19. The first-order valence-electron chi connectivity index (χ1n) is 5.58. The Balaban J connectivity index is 2.61. The maximum absolute atomic E-state index is 14.0. The van der Waals surface area contributed by atoms with Crippen molar-refractivity contribution in [2.75, 3.05) is 0 Å². The molecule has 2 N–H and O–H groups in total. The van der Waals surface area contributed by atoms with Gasteiger partial charge in [-0.15, -0.1) is 0 Å². The van der Waals surface area contributed by atoms with Crippen LogP contribution in [0.4, 0.5) is 4.39 Å². The highest BCUT2D eigenvalue weighted by Gasteiger charge is 2.43. The second kappa shape index (κ2) is 5.74. The molecule has 0 radical (unpaired) electrons. The van der Waals surface area contributed by atoms with Gasteiger partial charge >= 0.3 is 0 Å². The molecule has 20 heavy (non-hydrogen) atoms. The number of halogens is 2. The third-order valence-corrected chi connectivity index (χ3v) is 4.54. The zero-order valence-corrected chi connectivity index (χ0v) is 12.4. The minimum absolute atomic E-state index is 0.0200. The molecule has 1 heterocycles. The van der Waals surface area contributed by atoms with Gasteiger partial charge in [-0.25, -0.2) is 4.39 Å². The second-order valence-corrected chi connectivity index (χ2v) is 6.24. The van der Waals surface area contributed by atoms with Crippen molar-refractivity contribution in [2.45, 2.75) is 5.92 Å². The van der Waals surface area contributed by atoms with E-state index in [1.807, 2.05) is 12.1 Å². The van der Waals surface area contributed by atoms with Gasteiger partial charge in [-0.3, -0.25) is 10.8 Å². The standard InChI is InChI=1S/C13H8BrFN4S/c14-6-1-2-10(15)7(3-6)11-8(4-16)12(18)20-13(19)9(11)5-17/h1-3,8-9,11,18-19H. The SMILES string of the molecule is N#CC1C(=N)SC(=N)C(C#N)C1c1cc(Br)ccc1F. The van der Waals surface area contributed by atoms with Crippen molar-refractivity contribution in [3.05, 3.63) is 34.1 Å². The van der Waals surface area contributed by atoms with Crippen molar-refractivity contribution in [3.63, 3.8) is 0 Å². The third kappa shape index (κ3) is 2.47. The number of hydrogen-bond donors (Lipinski definition) is 2. The Hall–Kier alpha value is -1.70. The molecule has 2 unspecified atom stereocenters. The molecular weight excluding hydrogens is 343 g/mol. The molecule has 1 aliphatic rings. The Bertz CT molecular complexity index is 644. The predicted octanol–water partition coefficient (Wildman–Crippen LogP) is 3.65. The van der Waals surface area contributed by atoms with E-state index in [0.717, 1.165) is 11.8 Å². The summed E-state index contributed by atoms with van der Waals surface area (Å²) in [7, 11) is 0.